The Hall–Kier alpha value is -2.35. The second-order valence-electron chi connectivity index (χ2n) is 5.94. The van der Waals surface area contributed by atoms with Gasteiger partial charge in [-0.05, 0) is 44.4 Å². The fraction of sp³-hybridized carbons (Fsp3) is 0.250. The van der Waals surface area contributed by atoms with E-state index < -0.39 is 0 Å². The van der Waals surface area contributed by atoms with E-state index in [0.29, 0.717) is 0 Å². The van der Waals surface area contributed by atoms with Gasteiger partial charge in [-0.15, -0.1) is 0 Å². The van der Waals surface area contributed by atoms with Crippen LogP contribution in [0.4, 0.5) is 0 Å². The van der Waals surface area contributed by atoms with Gasteiger partial charge in [0.2, 0.25) is 0 Å². The molecule has 2 nitrogen and oxygen atoms in total. The van der Waals surface area contributed by atoms with Crippen molar-refractivity contribution in [1.82, 2.24) is 9.55 Å². The Morgan fingerprint density at radius 1 is 0.818 bits per heavy atom. The zero-order valence-corrected chi connectivity index (χ0v) is 13.7. The van der Waals surface area contributed by atoms with E-state index in [1.807, 2.05) is 0 Å². The van der Waals surface area contributed by atoms with Gasteiger partial charge in [-0.1, -0.05) is 48.5 Å². The molecule has 0 N–H and O–H groups in total. The molecule has 0 saturated carbocycles. The molecule has 0 unspecified atom stereocenters. The highest BCUT2D eigenvalue weighted by Gasteiger charge is 2.16. The van der Waals surface area contributed by atoms with Gasteiger partial charge in [-0.2, -0.15) is 0 Å². The van der Waals surface area contributed by atoms with Gasteiger partial charge in [0.25, 0.3) is 0 Å². The van der Waals surface area contributed by atoms with Crippen LogP contribution in [0.15, 0.2) is 48.5 Å². The summed E-state index contributed by atoms with van der Waals surface area (Å²) >= 11 is 0. The topological polar surface area (TPSA) is 17.8 Å². The highest BCUT2D eigenvalue weighted by molar-refractivity contribution is 5.66. The second-order valence-corrected chi connectivity index (χ2v) is 5.94. The van der Waals surface area contributed by atoms with E-state index in [9.17, 15) is 0 Å². The summed E-state index contributed by atoms with van der Waals surface area (Å²) in [4.78, 5) is 4.86. The summed E-state index contributed by atoms with van der Waals surface area (Å²) in [5, 5.41) is 0. The Balaban J connectivity index is 2.15. The standard InChI is InChI=1S/C20H22N2/c1-14-9-8-10-15(2)19(14)20-21-16(3)17(4)22(20)13-18-11-6-5-7-12-18/h5-12H,13H2,1-4H3. The summed E-state index contributed by atoms with van der Waals surface area (Å²) in [5.41, 5.74) is 7.46. The lowest BCUT2D eigenvalue weighted by Crippen LogP contribution is -2.05. The normalized spacial score (nSPS) is 10.9. The molecule has 3 rings (SSSR count). The van der Waals surface area contributed by atoms with Crippen LogP contribution >= 0.6 is 0 Å². The van der Waals surface area contributed by atoms with Crippen molar-refractivity contribution in [1.29, 1.82) is 0 Å². The minimum atomic E-state index is 0.858. The Morgan fingerprint density at radius 2 is 1.45 bits per heavy atom. The van der Waals surface area contributed by atoms with E-state index in [4.69, 9.17) is 4.98 Å². The molecule has 0 atom stereocenters. The lowest BCUT2D eigenvalue weighted by Gasteiger charge is -2.14. The van der Waals surface area contributed by atoms with E-state index in [0.717, 1.165) is 18.1 Å². The molecule has 1 heterocycles. The Labute approximate surface area is 132 Å². The first-order chi connectivity index (χ1) is 10.6. The first-order valence-corrected chi connectivity index (χ1v) is 7.72. The van der Waals surface area contributed by atoms with Crippen molar-refractivity contribution in [3.8, 4) is 11.4 Å². The van der Waals surface area contributed by atoms with Gasteiger partial charge in [0, 0.05) is 17.8 Å². The highest BCUT2D eigenvalue weighted by Crippen LogP contribution is 2.29. The number of aromatic nitrogens is 2. The van der Waals surface area contributed by atoms with Gasteiger partial charge >= 0.3 is 0 Å². The first-order valence-electron chi connectivity index (χ1n) is 7.72. The van der Waals surface area contributed by atoms with Crippen molar-refractivity contribution in [2.24, 2.45) is 0 Å². The monoisotopic (exact) mass is 290 g/mol. The summed E-state index contributed by atoms with van der Waals surface area (Å²) in [6.07, 6.45) is 0. The number of imidazole rings is 1. The predicted octanol–water partition coefficient (Wildman–Crippen LogP) is 4.83. The van der Waals surface area contributed by atoms with Crippen molar-refractivity contribution < 1.29 is 0 Å². The second kappa shape index (κ2) is 5.80. The average molecular weight is 290 g/mol. The van der Waals surface area contributed by atoms with Crippen LogP contribution in [0.2, 0.25) is 0 Å². The molecule has 2 aromatic carbocycles. The smallest absolute Gasteiger partial charge is 0.141 e. The fourth-order valence-corrected chi connectivity index (χ4v) is 2.97. The summed E-state index contributed by atoms with van der Waals surface area (Å²) in [7, 11) is 0. The first kappa shape index (κ1) is 14.6. The number of aryl methyl sites for hydroxylation is 3. The molecule has 3 aromatic rings. The molecule has 1 aromatic heterocycles. The molecule has 0 aliphatic rings. The van der Waals surface area contributed by atoms with Gasteiger partial charge < -0.3 is 4.57 Å². The molecule has 0 bridgehead atoms. The summed E-state index contributed by atoms with van der Waals surface area (Å²) < 4.78 is 2.33. The third-order valence-corrected chi connectivity index (χ3v) is 4.35. The Bertz CT molecular complexity index is 778. The van der Waals surface area contributed by atoms with Crippen LogP contribution in [-0.2, 0) is 6.54 Å². The quantitative estimate of drug-likeness (QED) is 0.675. The maximum atomic E-state index is 4.86. The van der Waals surface area contributed by atoms with Crippen molar-refractivity contribution >= 4 is 0 Å². The number of rotatable bonds is 3. The van der Waals surface area contributed by atoms with Crippen molar-refractivity contribution in [3.05, 3.63) is 76.6 Å². The van der Waals surface area contributed by atoms with Crippen molar-refractivity contribution in [2.75, 3.05) is 0 Å². The summed E-state index contributed by atoms with van der Waals surface area (Å²) in [6.45, 7) is 9.43. The van der Waals surface area contributed by atoms with Gasteiger partial charge in [0.1, 0.15) is 5.82 Å². The number of hydrogen-bond donors (Lipinski definition) is 0. The van der Waals surface area contributed by atoms with Gasteiger partial charge in [-0.25, -0.2) is 4.98 Å². The van der Waals surface area contributed by atoms with Crippen LogP contribution in [0.5, 0.6) is 0 Å². The molecule has 0 spiro atoms. The maximum absolute atomic E-state index is 4.86. The summed E-state index contributed by atoms with van der Waals surface area (Å²) in [5.74, 6) is 1.08. The van der Waals surface area contributed by atoms with Crippen LogP contribution in [-0.4, -0.2) is 9.55 Å². The largest absolute Gasteiger partial charge is 0.324 e. The molecule has 22 heavy (non-hydrogen) atoms. The van der Waals surface area contributed by atoms with Crippen molar-refractivity contribution in [3.63, 3.8) is 0 Å². The van der Waals surface area contributed by atoms with E-state index >= 15 is 0 Å². The summed E-state index contributed by atoms with van der Waals surface area (Å²) in [6, 6.07) is 17.0. The fourth-order valence-electron chi connectivity index (χ4n) is 2.97. The zero-order valence-electron chi connectivity index (χ0n) is 13.7. The highest BCUT2D eigenvalue weighted by atomic mass is 15.1. The molecule has 2 heteroatoms. The number of hydrogen-bond acceptors (Lipinski definition) is 1. The van der Waals surface area contributed by atoms with E-state index in [2.05, 4.69) is 80.8 Å². The Kier molecular flexibility index (Phi) is 3.84. The van der Waals surface area contributed by atoms with Crippen LogP contribution in [0.3, 0.4) is 0 Å². The van der Waals surface area contributed by atoms with E-state index in [1.54, 1.807) is 0 Å². The number of benzene rings is 2. The molecule has 0 radical (unpaired) electrons. The average Bonchev–Trinajstić information content (AvgIpc) is 2.77. The molecule has 0 aliphatic carbocycles. The SMILES string of the molecule is Cc1cccc(C)c1-c1nc(C)c(C)n1Cc1ccccc1. The lowest BCUT2D eigenvalue weighted by atomic mass is 10.0. The zero-order chi connectivity index (χ0) is 15.7. The number of nitrogens with zero attached hydrogens (tertiary/aromatic N) is 2. The van der Waals surface area contributed by atoms with E-state index in [-0.39, 0.29) is 0 Å². The van der Waals surface area contributed by atoms with Gasteiger partial charge in [-0.3, -0.25) is 0 Å². The third-order valence-electron chi connectivity index (χ3n) is 4.35. The Morgan fingerprint density at radius 3 is 2.09 bits per heavy atom. The van der Waals surface area contributed by atoms with Crippen LogP contribution in [0.25, 0.3) is 11.4 Å². The third kappa shape index (κ3) is 2.57. The molecule has 112 valence electrons. The molecular formula is C20H22N2. The molecule has 0 fully saturated rings. The molecular weight excluding hydrogens is 268 g/mol. The predicted molar refractivity (Wildman–Crippen MR) is 92.2 cm³/mol. The lowest BCUT2D eigenvalue weighted by molar-refractivity contribution is 0.776. The van der Waals surface area contributed by atoms with E-state index in [1.165, 1.54) is 27.9 Å². The van der Waals surface area contributed by atoms with Gasteiger partial charge in [0.15, 0.2) is 0 Å². The van der Waals surface area contributed by atoms with Crippen molar-refractivity contribution in [2.45, 2.75) is 34.2 Å². The van der Waals surface area contributed by atoms with Crippen LogP contribution in [0, 0.1) is 27.7 Å². The minimum Gasteiger partial charge on any atom is -0.324 e. The molecule has 0 amide bonds. The van der Waals surface area contributed by atoms with Crippen LogP contribution in [0.1, 0.15) is 28.1 Å². The van der Waals surface area contributed by atoms with Gasteiger partial charge in [0.05, 0.1) is 5.69 Å². The molecule has 0 saturated heterocycles. The minimum absolute atomic E-state index is 0.858. The molecule has 0 aliphatic heterocycles. The van der Waals surface area contributed by atoms with Crippen LogP contribution < -0.4 is 0 Å². The maximum Gasteiger partial charge on any atom is 0.141 e.